The maximum Gasteiger partial charge on any atom is 0.127 e. The molecule has 3 rings (SSSR count). The molecule has 1 N–H and O–H groups in total. The fourth-order valence-electron chi connectivity index (χ4n) is 2.44. The van der Waals surface area contributed by atoms with Crippen molar-refractivity contribution < 1.29 is 9.50 Å². The molecule has 0 aliphatic carbocycles. The smallest absolute Gasteiger partial charge is 0.127 e. The first-order valence-corrected chi connectivity index (χ1v) is 7.04. The summed E-state index contributed by atoms with van der Waals surface area (Å²) in [5, 5.41) is 18.0. The van der Waals surface area contributed by atoms with Crippen molar-refractivity contribution in [1.29, 1.82) is 0 Å². The van der Waals surface area contributed by atoms with Crippen molar-refractivity contribution in [2.24, 2.45) is 0 Å². The standard InChI is InChI=1S/C15H19FN4O/c1-15(2,21)14-10-20(18-17-14)12-8-19(9-12)7-11-5-3-4-6-13(11)16/h3-6,10,12,21H,7-9H2,1-2H3. The summed E-state index contributed by atoms with van der Waals surface area (Å²) in [7, 11) is 0. The Labute approximate surface area is 123 Å². The number of likely N-dealkylation sites (tertiary alicyclic amines) is 1. The van der Waals surface area contributed by atoms with Crippen LogP contribution >= 0.6 is 0 Å². The van der Waals surface area contributed by atoms with Gasteiger partial charge >= 0.3 is 0 Å². The zero-order valence-electron chi connectivity index (χ0n) is 12.2. The largest absolute Gasteiger partial charge is 0.384 e. The van der Waals surface area contributed by atoms with Crippen molar-refractivity contribution in [1.82, 2.24) is 19.9 Å². The van der Waals surface area contributed by atoms with Crippen molar-refractivity contribution in [2.45, 2.75) is 32.0 Å². The van der Waals surface area contributed by atoms with E-state index in [0.29, 0.717) is 17.8 Å². The lowest BCUT2D eigenvalue weighted by Crippen LogP contribution is -2.47. The molecule has 5 nitrogen and oxygen atoms in total. The first-order chi connectivity index (χ1) is 9.93. The van der Waals surface area contributed by atoms with Gasteiger partial charge < -0.3 is 5.11 Å². The quantitative estimate of drug-likeness (QED) is 0.931. The molecule has 0 unspecified atom stereocenters. The molecule has 112 valence electrons. The van der Waals surface area contributed by atoms with Gasteiger partial charge in [-0.1, -0.05) is 23.4 Å². The fraction of sp³-hybridized carbons (Fsp3) is 0.467. The second-order valence-corrected chi connectivity index (χ2v) is 6.08. The van der Waals surface area contributed by atoms with Crippen LogP contribution in [0.2, 0.25) is 0 Å². The first kappa shape index (κ1) is 14.2. The summed E-state index contributed by atoms with van der Waals surface area (Å²) in [4.78, 5) is 2.16. The Bertz CT molecular complexity index is 629. The van der Waals surface area contributed by atoms with Crippen LogP contribution in [0.1, 0.15) is 31.1 Å². The molecule has 2 aromatic rings. The van der Waals surface area contributed by atoms with Gasteiger partial charge in [0.1, 0.15) is 17.1 Å². The number of halogens is 1. The van der Waals surface area contributed by atoms with Crippen LogP contribution in [-0.2, 0) is 12.1 Å². The van der Waals surface area contributed by atoms with Gasteiger partial charge in [0.15, 0.2) is 0 Å². The minimum Gasteiger partial charge on any atom is -0.384 e. The zero-order valence-corrected chi connectivity index (χ0v) is 12.2. The second kappa shape index (κ2) is 5.20. The zero-order chi connectivity index (χ0) is 15.0. The van der Waals surface area contributed by atoms with E-state index in [2.05, 4.69) is 15.2 Å². The normalized spacial score (nSPS) is 17.0. The minimum atomic E-state index is -0.977. The molecule has 1 aromatic heterocycles. The van der Waals surface area contributed by atoms with Gasteiger partial charge in [-0.3, -0.25) is 4.90 Å². The molecule has 1 aliphatic rings. The van der Waals surface area contributed by atoms with E-state index in [-0.39, 0.29) is 11.9 Å². The molecule has 21 heavy (non-hydrogen) atoms. The van der Waals surface area contributed by atoms with Crippen molar-refractivity contribution in [2.75, 3.05) is 13.1 Å². The van der Waals surface area contributed by atoms with E-state index in [4.69, 9.17) is 0 Å². The molecule has 0 saturated carbocycles. The minimum absolute atomic E-state index is 0.161. The predicted molar refractivity (Wildman–Crippen MR) is 76.0 cm³/mol. The molecule has 0 atom stereocenters. The third-order valence-electron chi connectivity index (χ3n) is 3.80. The summed E-state index contributed by atoms with van der Waals surface area (Å²) < 4.78 is 15.4. The average Bonchev–Trinajstić information content (AvgIpc) is 2.84. The summed E-state index contributed by atoms with van der Waals surface area (Å²) in [6.07, 6.45) is 1.78. The fourth-order valence-corrected chi connectivity index (χ4v) is 2.44. The van der Waals surface area contributed by atoms with Crippen molar-refractivity contribution >= 4 is 0 Å². The Balaban J connectivity index is 1.59. The number of nitrogens with zero attached hydrogens (tertiary/aromatic N) is 4. The summed E-state index contributed by atoms with van der Waals surface area (Å²) >= 11 is 0. The van der Waals surface area contributed by atoms with E-state index in [1.54, 1.807) is 30.8 Å². The summed E-state index contributed by atoms with van der Waals surface area (Å²) in [5.74, 6) is -0.161. The number of benzene rings is 1. The molecule has 1 aliphatic heterocycles. The topological polar surface area (TPSA) is 54.2 Å². The number of hydrogen-bond donors (Lipinski definition) is 1. The van der Waals surface area contributed by atoms with Gasteiger partial charge in [-0.2, -0.15) is 0 Å². The van der Waals surface area contributed by atoms with E-state index < -0.39 is 5.60 Å². The van der Waals surface area contributed by atoms with Gasteiger partial charge in [-0.05, 0) is 19.9 Å². The van der Waals surface area contributed by atoms with E-state index in [9.17, 15) is 9.50 Å². The second-order valence-electron chi connectivity index (χ2n) is 6.08. The van der Waals surface area contributed by atoms with Gasteiger partial charge in [0.05, 0.1) is 12.2 Å². The lowest BCUT2D eigenvalue weighted by Gasteiger charge is -2.38. The Morgan fingerprint density at radius 2 is 2.05 bits per heavy atom. The molecule has 2 heterocycles. The van der Waals surface area contributed by atoms with Crippen molar-refractivity contribution in [3.63, 3.8) is 0 Å². The van der Waals surface area contributed by atoms with Crippen LogP contribution in [-0.4, -0.2) is 38.1 Å². The monoisotopic (exact) mass is 290 g/mol. The van der Waals surface area contributed by atoms with E-state index in [1.165, 1.54) is 6.07 Å². The van der Waals surface area contributed by atoms with Crippen LogP contribution in [0, 0.1) is 5.82 Å². The van der Waals surface area contributed by atoms with Crippen LogP contribution in [0.5, 0.6) is 0 Å². The van der Waals surface area contributed by atoms with E-state index in [1.807, 2.05) is 12.1 Å². The molecule has 1 aromatic carbocycles. The van der Waals surface area contributed by atoms with E-state index >= 15 is 0 Å². The number of rotatable bonds is 4. The summed E-state index contributed by atoms with van der Waals surface area (Å²) in [6, 6.07) is 7.08. The Hall–Kier alpha value is -1.79. The van der Waals surface area contributed by atoms with Gasteiger partial charge in [-0.15, -0.1) is 5.10 Å². The number of aliphatic hydroxyl groups is 1. The highest BCUT2D eigenvalue weighted by Gasteiger charge is 2.31. The molecule has 0 amide bonds. The van der Waals surface area contributed by atoms with Crippen LogP contribution in [0.25, 0.3) is 0 Å². The molecule has 0 bridgehead atoms. The molecule has 1 saturated heterocycles. The van der Waals surface area contributed by atoms with Crippen molar-refractivity contribution in [3.05, 3.63) is 47.5 Å². The van der Waals surface area contributed by atoms with Crippen molar-refractivity contribution in [3.8, 4) is 0 Å². The molecule has 0 radical (unpaired) electrons. The van der Waals surface area contributed by atoms with Crippen LogP contribution in [0.4, 0.5) is 4.39 Å². The molecular formula is C15H19FN4O. The van der Waals surface area contributed by atoms with Gasteiger partial charge in [0.25, 0.3) is 0 Å². The van der Waals surface area contributed by atoms with Gasteiger partial charge in [0.2, 0.25) is 0 Å². The maximum absolute atomic E-state index is 13.6. The molecular weight excluding hydrogens is 271 g/mol. The predicted octanol–water partition coefficient (Wildman–Crippen LogP) is 1.70. The van der Waals surface area contributed by atoms with Crippen LogP contribution in [0.15, 0.2) is 30.5 Å². The van der Waals surface area contributed by atoms with Crippen LogP contribution < -0.4 is 0 Å². The van der Waals surface area contributed by atoms with E-state index in [0.717, 1.165) is 13.1 Å². The lowest BCUT2D eigenvalue weighted by atomic mass is 10.1. The maximum atomic E-state index is 13.6. The SMILES string of the molecule is CC(C)(O)c1cn(C2CN(Cc3ccccc3F)C2)nn1. The van der Waals surface area contributed by atoms with Gasteiger partial charge in [0, 0.05) is 25.2 Å². The summed E-state index contributed by atoms with van der Waals surface area (Å²) in [6.45, 7) is 5.60. The Kier molecular flexibility index (Phi) is 3.51. The lowest BCUT2D eigenvalue weighted by molar-refractivity contribution is 0.0731. The number of aromatic nitrogens is 3. The third-order valence-corrected chi connectivity index (χ3v) is 3.80. The number of hydrogen-bond acceptors (Lipinski definition) is 4. The van der Waals surface area contributed by atoms with Crippen LogP contribution in [0.3, 0.4) is 0 Å². The van der Waals surface area contributed by atoms with Gasteiger partial charge in [-0.25, -0.2) is 9.07 Å². The third kappa shape index (κ3) is 2.96. The Morgan fingerprint density at radius 1 is 1.33 bits per heavy atom. The highest BCUT2D eigenvalue weighted by Crippen LogP contribution is 2.25. The Morgan fingerprint density at radius 3 is 2.67 bits per heavy atom. The first-order valence-electron chi connectivity index (χ1n) is 7.04. The highest BCUT2D eigenvalue weighted by molar-refractivity contribution is 5.17. The molecule has 6 heteroatoms. The average molecular weight is 290 g/mol. The highest BCUT2D eigenvalue weighted by atomic mass is 19.1. The molecule has 1 fully saturated rings. The molecule has 0 spiro atoms. The summed E-state index contributed by atoms with van der Waals surface area (Å²) in [5.41, 5.74) is 0.302.